The predicted octanol–water partition coefficient (Wildman–Crippen LogP) is 4.67. The maximum atomic E-state index is 12.1. The van der Waals surface area contributed by atoms with Crippen LogP contribution in [0, 0.1) is 0 Å². The van der Waals surface area contributed by atoms with E-state index in [0.717, 1.165) is 0 Å². The molecule has 0 aliphatic heterocycles. The van der Waals surface area contributed by atoms with Gasteiger partial charge in [-0.25, -0.2) is 4.98 Å². The number of rotatable bonds is 2. The zero-order valence-corrected chi connectivity index (χ0v) is 13.7. The number of fused-ring (bicyclic) bond motifs is 1. The minimum Gasteiger partial charge on any atom is -0.506 e. The highest BCUT2D eigenvalue weighted by atomic mass is 35.5. The molecule has 2 aromatic carbocycles. The van der Waals surface area contributed by atoms with Gasteiger partial charge in [0, 0.05) is 5.02 Å². The van der Waals surface area contributed by atoms with Crippen LogP contribution in [-0.4, -0.2) is 15.1 Å². The summed E-state index contributed by atoms with van der Waals surface area (Å²) < 4.78 is 0. The van der Waals surface area contributed by atoms with Gasteiger partial charge in [0.25, 0.3) is 5.56 Å². The third-order valence-electron chi connectivity index (χ3n) is 3.16. The Morgan fingerprint density at radius 1 is 1.17 bits per heavy atom. The van der Waals surface area contributed by atoms with Crippen LogP contribution in [0.2, 0.25) is 10.0 Å². The molecule has 116 valence electrons. The zero-order valence-electron chi connectivity index (χ0n) is 11.5. The predicted molar refractivity (Wildman–Crippen MR) is 94.2 cm³/mol. The summed E-state index contributed by atoms with van der Waals surface area (Å²) in [4.78, 5) is 19.0. The van der Waals surface area contributed by atoms with Crippen LogP contribution in [-0.2, 0) is 0 Å². The average molecular weight is 368 g/mol. The molecule has 1 heterocycles. The van der Waals surface area contributed by atoms with Gasteiger partial charge in [-0.1, -0.05) is 40.9 Å². The van der Waals surface area contributed by atoms with Gasteiger partial charge < -0.3 is 10.1 Å². The Morgan fingerprint density at radius 3 is 2.70 bits per heavy atom. The van der Waals surface area contributed by atoms with Crippen molar-refractivity contribution < 1.29 is 5.11 Å². The van der Waals surface area contributed by atoms with Crippen LogP contribution < -0.4 is 5.56 Å². The lowest BCUT2D eigenvalue weighted by Crippen LogP contribution is -2.10. The third kappa shape index (κ3) is 3.34. The van der Waals surface area contributed by atoms with Crippen LogP contribution in [0.15, 0.2) is 41.2 Å². The Bertz CT molecular complexity index is 996. The molecule has 4 nitrogen and oxygen atoms in total. The fraction of sp³-hybridized carbons (Fsp3) is 0. The second-order valence-electron chi connectivity index (χ2n) is 4.78. The molecule has 0 aliphatic rings. The SMILES string of the molecule is O=c1[nH]c(C(Cl)=Cc2ccc(O)c(Cl)c2)nc2ccc(Cl)cc12. The second kappa shape index (κ2) is 6.24. The molecule has 23 heavy (non-hydrogen) atoms. The monoisotopic (exact) mass is 366 g/mol. The van der Waals surface area contributed by atoms with Crippen LogP contribution in [0.3, 0.4) is 0 Å². The van der Waals surface area contributed by atoms with Crippen molar-refractivity contribution in [2.75, 3.05) is 0 Å². The summed E-state index contributed by atoms with van der Waals surface area (Å²) in [7, 11) is 0. The Kier molecular flexibility index (Phi) is 4.31. The lowest BCUT2D eigenvalue weighted by molar-refractivity contribution is 0.475. The summed E-state index contributed by atoms with van der Waals surface area (Å²) in [6, 6.07) is 9.50. The minimum atomic E-state index is -0.331. The molecule has 0 atom stereocenters. The number of phenolic OH excluding ortho intramolecular Hbond substituents is 1. The largest absolute Gasteiger partial charge is 0.506 e. The third-order valence-corrected chi connectivity index (χ3v) is 3.98. The minimum absolute atomic E-state index is 0.0194. The molecular weight excluding hydrogens is 359 g/mol. The molecule has 2 N–H and O–H groups in total. The van der Waals surface area contributed by atoms with Crippen molar-refractivity contribution in [2.24, 2.45) is 0 Å². The number of aromatic amines is 1. The van der Waals surface area contributed by atoms with E-state index in [2.05, 4.69) is 9.97 Å². The summed E-state index contributed by atoms with van der Waals surface area (Å²) in [5.41, 5.74) is 0.822. The lowest BCUT2D eigenvalue weighted by Gasteiger charge is -2.03. The highest BCUT2D eigenvalue weighted by molar-refractivity contribution is 6.50. The van der Waals surface area contributed by atoms with Crippen LogP contribution >= 0.6 is 34.8 Å². The topological polar surface area (TPSA) is 66.0 Å². The number of hydrogen-bond acceptors (Lipinski definition) is 3. The zero-order chi connectivity index (χ0) is 16.6. The first-order valence-electron chi connectivity index (χ1n) is 6.50. The van der Waals surface area contributed by atoms with E-state index in [1.807, 2.05) is 0 Å². The van der Waals surface area contributed by atoms with Gasteiger partial charge in [-0.15, -0.1) is 0 Å². The highest BCUT2D eigenvalue weighted by Crippen LogP contribution is 2.27. The Balaban J connectivity index is 2.08. The molecule has 0 fully saturated rings. The molecule has 0 amide bonds. The van der Waals surface area contributed by atoms with E-state index >= 15 is 0 Å². The van der Waals surface area contributed by atoms with Gasteiger partial charge in [-0.2, -0.15) is 0 Å². The maximum Gasteiger partial charge on any atom is 0.259 e. The first-order chi connectivity index (χ1) is 10.9. The summed E-state index contributed by atoms with van der Waals surface area (Å²) in [6.45, 7) is 0. The number of aromatic hydroxyl groups is 1. The van der Waals surface area contributed by atoms with Gasteiger partial charge in [0.2, 0.25) is 0 Å². The molecule has 0 unspecified atom stereocenters. The van der Waals surface area contributed by atoms with Crippen molar-refractivity contribution in [2.45, 2.75) is 0 Å². The Labute approximate surface area is 146 Å². The Hall–Kier alpha value is -2.01. The number of H-pyrrole nitrogens is 1. The molecule has 1 aromatic heterocycles. The van der Waals surface area contributed by atoms with Crippen molar-refractivity contribution in [3.8, 4) is 5.75 Å². The second-order valence-corrected chi connectivity index (χ2v) is 6.03. The quantitative estimate of drug-likeness (QED) is 0.691. The summed E-state index contributed by atoms with van der Waals surface area (Å²) in [5.74, 6) is 0.213. The maximum absolute atomic E-state index is 12.1. The first-order valence-corrected chi connectivity index (χ1v) is 7.63. The van der Waals surface area contributed by atoms with Crippen molar-refractivity contribution >= 4 is 56.8 Å². The lowest BCUT2D eigenvalue weighted by atomic mass is 10.2. The van der Waals surface area contributed by atoms with Gasteiger partial charge in [0.15, 0.2) is 5.82 Å². The molecule has 3 aromatic rings. The standard InChI is InChI=1S/C16H9Cl3N2O2/c17-9-2-3-13-10(7-9)16(23)21-15(20-13)12(19)6-8-1-4-14(22)11(18)5-8/h1-7,22H,(H,20,21,23). The number of nitrogens with zero attached hydrogens (tertiary/aromatic N) is 1. The summed E-state index contributed by atoms with van der Waals surface area (Å²) in [6.07, 6.45) is 1.59. The summed E-state index contributed by atoms with van der Waals surface area (Å²) >= 11 is 18.0. The molecule has 0 saturated carbocycles. The van der Waals surface area contributed by atoms with Crippen LogP contribution in [0.25, 0.3) is 22.0 Å². The number of phenols is 1. The van der Waals surface area contributed by atoms with Crippen molar-refractivity contribution in [1.82, 2.24) is 9.97 Å². The van der Waals surface area contributed by atoms with Crippen LogP contribution in [0.4, 0.5) is 0 Å². The smallest absolute Gasteiger partial charge is 0.259 e. The van der Waals surface area contributed by atoms with E-state index in [0.29, 0.717) is 21.5 Å². The molecule has 0 saturated heterocycles. The molecule has 7 heteroatoms. The van der Waals surface area contributed by atoms with Crippen LogP contribution in [0.5, 0.6) is 5.75 Å². The normalized spacial score (nSPS) is 11.9. The molecule has 0 bridgehead atoms. The van der Waals surface area contributed by atoms with E-state index in [9.17, 15) is 9.90 Å². The van der Waals surface area contributed by atoms with Gasteiger partial charge in [-0.3, -0.25) is 4.79 Å². The fourth-order valence-corrected chi connectivity index (χ4v) is 2.63. The van der Waals surface area contributed by atoms with Gasteiger partial charge in [0.05, 0.1) is 21.0 Å². The van der Waals surface area contributed by atoms with Gasteiger partial charge >= 0.3 is 0 Å². The molecule has 3 rings (SSSR count). The number of benzene rings is 2. The number of hydrogen-bond donors (Lipinski definition) is 2. The van der Waals surface area contributed by atoms with Crippen molar-refractivity contribution in [3.05, 3.63) is 68.2 Å². The van der Waals surface area contributed by atoms with Gasteiger partial charge in [-0.05, 0) is 42.0 Å². The molecule has 0 radical (unpaired) electrons. The van der Waals surface area contributed by atoms with Crippen molar-refractivity contribution in [3.63, 3.8) is 0 Å². The van der Waals surface area contributed by atoms with Crippen LogP contribution in [0.1, 0.15) is 11.4 Å². The van der Waals surface area contributed by atoms with E-state index in [4.69, 9.17) is 34.8 Å². The number of halogens is 3. The van der Waals surface area contributed by atoms with Gasteiger partial charge in [0.1, 0.15) is 5.75 Å². The first kappa shape index (κ1) is 15.9. The molecule has 0 aliphatic carbocycles. The highest BCUT2D eigenvalue weighted by Gasteiger charge is 2.08. The Morgan fingerprint density at radius 2 is 1.96 bits per heavy atom. The van der Waals surface area contributed by atoms with Crippen molar-refractivity contribution in [1.29, 1.82) is 0 Å². The van der Waals surface area contributed by atoms with E-state index in [-0.39, 0.29) is 27.2 Å². The summed E-state index contributed by atoms with van der Waals surface area (Å²) in [5, 5.41) is 10.7. The number of aromatic nitrogens is 2. The molecule has 0 spiro atoms. The molecular formula is C16H9Cl3N2O2. The fourth-order valence-electron chi connectivity index (χ4n) is 2.05. The van der Waals surface area contributed by atoms with E-state index < -0.39 is 0 Å². The number of nitrogens with one attached hydrogen (secondary N) is 1. The van der Waals surface area contributed by atoms with E-state index in [1.54, 1.807) is 36.4 Å². The van der Waals surface area contributed by atoms with E-state index in [1.165, 1.54) is 6.07 Å². The average Bonchev–Trinajstić information content (AvgIpc) is 2.51.